The molecule has 6 heteroatoms. The number of nitrogens with one attached hydrogen (secondary N) is 2. The first-order valence-electron chi connectivity index (χ1n) is 8.70. The molecule has 6 nitrogen and oxygen atoms in total. The SMILES string of the molecule is C=C1NC(=O)N[C@@H](c2cccc(OCc3ccccc3)c2)[C@@H]1C(=O)N(C)C. The molecule has 0 aromatic heterocycles. The summed E-state index contributed by atoms with van der Waals surface area (Å²) in [6, 6.07) is 16.4. The molecule has 0 radical (unpaired) electrons. The van der Waals surface area contributed by atoms with Crippen LogP contribution in [0, 0.1) is 5.92 Å². The molecular formula is C21H23N3O3. The molecule has 1 aliphatic heterocycles. The summed E-state index contributed by atoms with van der Waals surface area (Å²) in [5, 5.41) is 5.44. The summed E-state index contributed by atoms with van der Waals surface area (Å²) < 4.78 is 5.87. The van der Waals surface area contributed by atoms with E-state index >= 15 is 0 Å². The summed E-state index contributed by atoms with van der Waals surface area (Å²) >= 11 is 0. The molecule has 1 fully saturated rings. The van der Waals surface area contributed by atoms with E-state index in [0.29, 0.717) is 18.1 Å². The summed E-state index contributed by atoms with van der Waals surface area (Å²) in [7, 11) is 3.37. The summed E-state index contributed by atoms with van der Waals surface area (Å²) in [4.78, 5) is 26.1. The molecule has 3 amide bonds. The van der Waals surface area contributed by atoms with E-state index in [0.717, 1.165) is 11.1 Å². The minimum absolute atomic E-state index is 0.131. The van der Waals surface area contributed by atoms with Crippen molar-refractivity contribution in [3.63, 3.8) is 0 Å². The number of nitrogens with zero attached hydrogens (tertiary/aromatic N) is 1. The number of ether oxygens (including phenoxy) is 1. The van der Waals surface area contributed by atoms with Crippen LogP contribution in [0.4, 0.5) is 4.79 Å². The molecule has 1 heterocycles. The van der Waals surface area contributed by atoms with E-state index in [1.807, 2.05) is 54.6 Å². The van der Waals surface area contributed by atoms with Crippen molar-refractivity contribution in [2.45, 2.75) is 12.6 Å². The zero-order chi connectivity index (χ0) is 19.4. The van der Waals surface area contributed by atoms with E-state index in [9.17, 15) is 9.59 Å². The van der Waals surface area contributed by atoms with Gasteiger partial charge in [-0.2, -0.15) is 0 Å². The van der Waals surface area contributed by atoms with Gasteiger partial charge in [0, 0.05) is 19.8 Å². The van der Waals surface area contributed by atoms with Gasteiger partial charge >= 0.3 is 6.03 Å². The molecule has 0 unspecified atom stereocenters. The highest BCUT2D eigenvalue weighted by Gasteiger charge is 2.38. The van der Waals surface area contributed by atoms with E-state index in [1.54, 1.807) is 14.1 Å². The number of hydrogen-bond donors (Lipinski definition) is 2. The molecule has 1 aliphatic rings. The van der Waals surface area contributed by atoms with Crippen molar-refractivity contribution in [2.24, 2.45) is 5.92 Å². The van der Waals surface area contributed by atoms with Crippen LogP contribution in [0.5, 0.6) is 5.75 Å². The average molecular weight is 365 g/mol. The quantitative estimate of drug-likeness (QED) is 0.856. The first-order chi connectivity index (χ1) is 13.0. The Morgan fingerprint density at radius 3 is 2.59 bits per heavy atom. The number of carbonyl (C=O) groups is 2. The summed E-state index contributed by atoms with van der Waals surface area (Å²) in [6.07, 6.45) is 0. The van der Waals surface area contributed by atoms with Gasteiger partial charge in [-0.15, -0.1) is 0 Å². The molecule has 0 bridgehead atoms. The van der Waals surface area contributed by atoms with Crippen molar-refractivity contribution in [2.75, 3.05) is 14.1 Å². The van der Waals surface area contributed by atoms with Crippen LogP contribution in [-0.2, 0) is 11.4 Å². The average Bonchev–Trinajstić information content (AvgIpc) is 2.66. The molecular weight excluding hydrogens is 342 g/mol. The number of hydrogen-bond acceptors (Lipinski definition) is 3. The number of benzene rings is 2. The number of carbonyl (C=O) groups excluding carboxylic acids is 2. The second-order valence-electron chi connectivity index (χ2n) is 6.66. The summed E-state index contributed by atoms with van der Waals surface area (Å²) in [6.45, 7) is 4.31. The predicted molar refractivity (Wildman–Crippen MR) is 103 cm³/mol. The van der Waals surface area contributed by atoms with Gasteiger partial charge in [0.25, 0.3) is 0 Å². The number of urea groups is 1. The van der Waals surface area contributed by atoms with Crippen molar-refractivity contribution in [3.05, 3.63) is 78.0 Å². The zero-order valence-corrected chi connectivity index (χ0v) is 15.4. The largest absolute Gasteiger partial charge is 0.489 e. The predicted octanol–water partition coefficient (Wildman–Crippen LogP) is 2.84. The normalized spacial score (nSPS) is 19.0. The Labute approximate surface area is 158 Å². The Balaban J connectivity index is 1.83. The molecule has 0 aliphatic carbocycles. The molecule has 3 rings (SSSR count). The third-order valence-corrected chi connectivity index (χ3v) is 4.44. The molecule has 27 heavy (non-hydrogen) atoms. The van der Waals surface area contributed by atoms with E-state index in [2.05, 4.69) is 17.2 Å². The lowest BCUT2D eigenvalue weighted by Crippen LogP contribution is -2.52. The monoisotopic (exact) mass is 365 g/mol. The lowest BCUT2D eigenvalue weighted by molar-refractivity contribution is -0.132. The van der Waals surface area contributed by atoms with Crippen molar-refractivity contribution in [1.29, 1.82) is 0 Å². The van der Waals surface area contributed by atoms with Gasteiger partial charge in [0.2, 0.25) is 5.91 Å². The maximum atomic E-state index is 12.6. The molecule has 2 aromatic carbocycles. The second kappa shape index (κ2) is 7.95. The van der Waals surface area contributed by atoms with Crippen molar-refractivity contribution < 1.29 is 14.3 Å². The topological polar surface area (TPSA) is 70.7 Å². The van der Waals surface area contributed by atoms with Crippen molar-refractivity contribution >= 4 is 11.9 Å². The van der Waals surface area contributed by atoms with Gasteiger partial charge in [-0.3, -0.25) is 4.79 Å². The first-order valence-corrected chi connectivity index (χ1v) is 8.70. The van der Waals surface area contributed by atoms with Gasteiger partial charge in [0.05, 0.1) is 6.04 Å². The Morgan fingerprint density at radius 2 is 1.89 bits per heavy atom. The molecule has 0 spiro atoms. The minimum Gasteiger partial charge on any atom is -0.489 e. The molecule has 140 valence electrons. The van der Waals surface area contributed by atoms with Crippen LogP contribution in [0.15, 0.2) is 66.9 Å². The smallest absolute Gasteiger partial charge is 0.319 e. The van der Waals surface area contributed by atoms with Gasteiger partial charge in [0.1, 0.15) is 18.3 Å². The fourth-order valence-corrected chi connectivity index (χ4v) is 3.07. The first kappa shape index (κ1) is 18.5. The van der Waals surface area contributed by atoms with E-state index in [4.69, 9.17) is 4.74 Å². The van der Waals surface area contributed by atoms with Crippen LogP contribution in [0.3, 0.4) is 0 Å². The Hall–Kier alpha value is -3.28. The highest BCUT2D eigenvalue weighted by molar-refractivity contribution is 5.87. The van der Waals surface area contributed by atoms with Gasteiger partial charge in [0.15, 0.2) is 0 Å². The minimum atomic E-state index is -0.595. The van der Waals surface area contributed by atoms with E-state index in [1.165, 1.54) is 4.90 Å². The van der Waals surface area contributed by atoms with Crippen LogP contribution >= 0.6 is 0 Å². The van der Waals surface area contributed by atoms with Crippen LogP contribution in [-0.4, -0.2) is 30.9 Å². The molecule has 2 atom stereocenters. The zero-order valence-electron chi connectivity index (χ0n) is 15.4. The van der Waals surface area contributed by atoms with E-state index in [-0.39, 0.29) is 11.9 Å². The summed E-state index contributed by atoms with van der Waals surface area (Å²) in [5.41, 5.74) is 2.24. The van der Waals surface area contributed by atoms with Crippen LogP contribution in [0.2, 0.25) is 0 Å². The number of amides is 3. The lowest BCUT2D eigenvalue weighted by Gasteiger charge is -2.35. The molecule has 2 aromatic rings. The van der Waals surface area contributed by atoms with Crippen LogP contribution in [0.25, 0.3) is 0 Å². The fourth-order valence-electron chi connectivity index (χ4n) is 3.07. The Bertz CT molecular complexity index is 849. The van der Waals surface area contributed by atoms with E-state index < -0.39 is 12.0 Å². The maximum absolute atomic E-state index is 12.6. The van der Waals surface area contributed by atoms with Crippen molar-refractivity contribution in [1.82, 2.24) is 15.5 Å². The Kier molecular flexibility index (Phi) is 5.45. The van der Waals surface area contributed by atoms with Gasteiger partial charge in [-0.1, -0.05) is 49.0 Å². The third kappa shape index (κ3) is 4.28. The Morgan fingerprint density at radius 1 is 1.15 bits per heavy atom. The molecule has 0 saturated carbocycles. The van der Waals surface area contributed by atoms with Gasteiger partial charge < -0.3 is 20.3 Å². The lowest BCUT2D eigenvalue weighted by atomic mass is 9.88. The van der Waals surface area contributed by atoms with Gasteiger partial charge in [-0.05, 0) is 23.3 Å². The maximum Gasteiger partial charge on any atom is 0.319 e. The van der Waals surface area contributed by atoms with Crippen LogP contribution < -0.4 is 15.4 Å². The highest BCUT2D eigenvalue weighted by Crippen LogP contribution is 2.32. The second-order valence-corrected chi connectivity index (χ2v) is 6.66. The number of rotatable bonds is 5. The highest BCUT2D eigenvalue weighted by atomic mass is 16.5. The standard InChI is InChI=1S/C21H23N3O3/c1-14-18(20(25)24(2)3)19(23-21(26)22-14)16-10-7-11-17(12-16)27-13-15-8-5-4-6-9-15/h4-12,18-19H,1,13H2,2-3H3,(H2,22,23,26)/t18-,19+/m1/s1. The van der Waals surface area contributed by atoms with Gasteiger partial charge in [-0.25, -0.2) is 4.79 Å². The van der Waals surface area contributed by atoms with Crippen LogP contribution in [0.1, 0.15) is 17.2 Å². The third-order valence-electron chi connectivity index (χ3n) is 4.44. The fraction of sp³-hybridized carbons (Fsp3) is 0.238. The molecule has 1 saturated heterocycles. The molecule has 2 N–H and O–H groups in total. The summed E-state index contributed by atoms with van der Waals surface area (Å²) in [5.74, 6) is -0.0546. The van der Waals surface area contributed by atoms with Crippen molar-refractivity contribution in [3.8, 4) is 5.75 Å².